The highest BCUT2D eigenvalue weighted by molar-refractivity contribution is 5.70. The molecule has 0 rings (SSSR count). The Balaban J connectivity index is 3.51. The highest BCUT2D eigenvalue weighted by atomic mass is 16.6. The van der Waals surface area contributed by atoms with Crippen LogP contribution in [0.15, 0.2) is 72.9 Å². The van der Waals surface area contributed by atoms with E-state index in [0.717, 1.165) is 70.6 Å². The van der Waals surface area contributed by atoms with E-state index in [9.17, 15) is 14.7 Å². The highest BCUT2D eigenvalue weighted by Gasteiger charge is 2.16. The molecule has 0 aromatic heterocycles. The van der Waals surface area contributed by atoms with Gasteiger partial charge in [-0.05, 0) is 83.5 Å². The van der Waals surface area contributed by atoms with Gasteiger partial charge < -0.3 is 14.6 Å². The van der Waals surface area contributed by atoms with Crippen LogP contribution in [0.2, 0.25) is 0 Å². The van der Waals surface area contributed by atoms with E-state index in [1.165, 1.54) is 154 Å². The fourth-order valence-corrected chi connectivity index (χ4v) is 7.34. The van der Waals surface area contributed by atoms with Crippen LogP contribution in [-0.4, -0.2) is 36.4 Å². The third kappa shape index (κ3) is 49.9. The number of esters is 2. The second-order valence-corrected chi connectivity index (χ2v) is 17.2. The number of aliphatic hydroxyl groups excluding tert-OH is 1. The van der Waals surface area contributed by atoms with Gasteiger partial charge >= 0.3 is 11.9 Å². The predicted molar refractivity (Wildman–Crippen MR) is 265 cm³/mol. The summed E-state index contributed by atoms with van der Waals surface area (Å²) in [7, 11) is 0. The minimum Gasteiger partial charge on any atom is -0.462 e. The molecule has 5 heteroatoms. The second-order valence-electron chi connectivity index (χ2n) is 17.2. The molecule has 352 valence electrons. The SMILES string of the molecule is CC/C=C\C/C=C\C/C=C\C/C=C\C/C=C\CCCCCCCCCCCCCCCC(=O)OC(CO)COC(=O)CCCCCCCCC/C=C\CCCCCCCCC. The van der Waals surface area contributed by atoms with Gasteiger partial charge in [0.25, 0.3) is 0 Å². The van der Waals surface area contributed by atoms with Gasteiger partial charge in [-0.2, -0.15) is 0 Å². The summed E-state index contributed by atoms with van der Waals surface area (Å²) in [6.07, 6.45) is 70.0. The summed E-state index contributed by atoms with van der Waals surface area (Å²) >= 11 is 0. The summed E-state index contributed by atoms with van der Waals surface area (Å²) in [5.41, 5.74) is 0. The van der Waals surface area contributed by atoms with Crippen LogP contribution < -0.4 is 0 Å². The second kappa shape index (κ2) is 51.7. The molecule has 0 aliphatic carbocycles. The molecule has 0 aliphatic heterocycles. The van der Waals surface area contributed by atoms with E-state index in [-0.39, 0.29) is 25.2 Å². The van der Waals surface area contributed by atoms with Crippen molar-refractivity contribution >= 4 is 11.9 Å². The van der Waals surface area contributed by atoms with Crippen LogP contribution in [0.25, 0.3) is 0 Å². The summed E-state index contributed by atoms with van der Waals surface area (Å²) < 4.78 is 10.7. The Morgan fingerprint density at radius 3 is 1.08 bits per heavy atom. The fraction of sp³-hybridized carbons (Fsp3) is 0.750. The van der Waals surface area contributed by atoms with Gasteiger partial charge in [0.2, 0.25) is 0 Å². The number of carbonyl (C=O) groups excluding carboxylic acids is 2. The monoisotopic (exact) mass is 851 g/mol. The Labute approximate surface area is 378 Å². The van der Waals surface area contributed by atoms with Crippen LogP contribution >= 0.6 is 0 Å². The van der Waals surface area contributed by atoms with Crippen LogP contribution in [0.5, 0.6) is 0 Å². The number of allylic oxidation sites excluding steroid dienone is 12. The number of unbranched alkanes of at least 4 members (excludes halogenated alkanes) is 27. The smallest absolute Gasteiger partial charge is 0.306 e. The summed E-state index contributed by atoms with van der Waals surface area (Å²) in [6, 6.07) is 0. The van der Waals surface area contributed by atoms with Crippen LogP contribution in [0.3, 0.4) is 0 Å². The van der Waals surface area contributed by atoms with Crippen molar-refractivity contribution in [1.29, 1.82) is 0 Å². The normalized spacial score (nSPS) is 12.8. The minimum absolute atomic E-state index is 0.0691. The largest absolute Gasteiger partial charge is 0.462 e. The molecule has 0 fully saturated rings. The molecule has 1 unspecified atom stereocenters. The molecule has 0 aromatic rings. The molecule has 0 radical (unpaired) electrons. The first-order chi connectivity index (χ1) is 30.1. The number of hydrogen-bond donors (Lipinski definition) is 1. The first-order valence-corrected chi connectivity index (χ1v) is 26.0. The van der Waals surface area contributed by atoms with E-state index >= 15 is 0 Å². The van der Waals surface area contributed by atoms with E-state index < -0.39 is 6.10 Å². The lowest BCUT2D eigenvalue weighted by molar-refractivity contribution is -0.161. The lowest BCUT2D eigenvalue weighted by Gasteiger charge is -2.15. The molecule has 61 heavy (non-hydrogen) atoms. The zero-order valence-electron chi connectivity index (χ0n) is 40.2. The van der Waals surface area contributed by atoms with Crippen LogP contribution in [0.1, 0.15) is 251 Å². The molecular weight excluding hydrogens is 753 g/mol. The van der Waals surface area contributed by atoms with Gasteiger partial charge in [-0.3, -0.25) is 9.59 Å². The van der Waals surface area contributed by atoms with Crippen molar-refractivity contribution in [2.75, 3.05) is 13.2 Å². The van der Waals surface area contributed by atoms with Gasteiger partial charge in [0.15, 0.2) is 6.10 Å². The number of hydrogen-bond acceptors (Lipinski definition) is 5. The molecule has 0 heterocycles. The van der Waals surface area contributed by atoms with Crippen LogP contribution in [0.4, 0.5) is 0 Å². The minimum atomic E-state index is -0.777. The third-order valence-corrected chi connectivity index (χ3v) is 11.2. The molecule has 0 aliphatic rings. The molecule has 1 atom stereocenters. The average molecular weight is 851 g/mol. The lowest BCUT2D eigenvalue weighted by atomic mass is 10.0. The first kappa shape index (κ1) is 58.3. The maximum absolute atomic E-state index is 12.3. The average Bonchev–Trinajstić information content (AvgIpc) is 3.26. The lowest BCUT2D eigenvalue weighted by Crippen LogP contribution is -2.28. The van der Waals surface area contributed by atoms with Gasteiger partial charge in [0.1, 0.15) is 6.61 Å². The van der Waals surface area contributed by atoms with E-state index in [0.29, 0.717) is 12.8 Å². The molecule has 0 saturated heterocycles. The highest BCUT2D eigenvalue weighted by Crippen LogP contribution is 2.15. The van der Waals surface area contributed by atoms with Gasteiger partial charge in [-0.25, -0.2) is 0 Å². The van der Waals surface area contributed by atoms with Gasteiger partial charge in [-0.15, -0.1) is 0 Å². The number of carbonyl (C=O) groups is 2. The van der Waals surface area contributed by atoms with Gasteiger partial charge in [-0.1, -0.05) is 228 Å². The zero-order chi connectivity index (χ0) is 44.2. The van der Waals surface area contributed by atoms with Crippen molar-refractivity contribution in [1.82, 2.24) is 0 Å². The summed E-state index contributed by atoms with van der Waals surface area (Å²) in [4.78, 5) is 24.5. The standard InChI is InChI=1S/C56H98O5/c1-3-5-7-9-11-13-15-17-19-21-23-24-25-26-27-28-29-30-31-32-33-35-37-39-41-43-45-47-49-51-56(59)61-54(52-57)53-60-55(58)50-48-46-44-42-40-38-36-34-22-20-18-16-14-12-10-8-6-4-2/h5,7,11,13,17,19-20,22-24,26-27,54,57H,3-4,6,8-10,12,14-16,18,21,25,28-53H2,1-2H3/b7-5-,13-11-,19-17-,22-20-,24-23-,27-26-. The molecule has 0 saturated carbocycles. The molecule has 0 spiro atoms. The maximum Gasteiger partial charge on any atom is 0.306 e. The van der Waals surface area contributed by atoms with Crippen molar-refractivity contribution in [2.24, 2.45) is 0 Å². The molecule has 5 nitrogen and oxygen atoms in total. The predicted octanol–water partition coefficient (Wildman–Crippen LogP) is 17.2. The number of rotatable bonds is 47. The van der Waals surface area contributed by atoms with E-state index in [4.69, 9.17) is 9.47 Å². The molecule has 0 aromatic carbocycles. The molecule has 0 amide bonds. The Morgan fingerprint density at radius 1 is 0.393 bits per heavy atom. The van der Waals surface area contributed by atoms with Crippen molar-refractivity contribution in [2.45, 2.75) is 258 Å². The van der Waals surface area contributed by atoms with Crippen molar-refractivity contribution in [3.05, 3.63) is 72.9 Å². The first-order valence-electron chi connectivity index (χ1n) is 26.0. The third-order valence-electron chi connectivity index (χ3n) is 11.2. The van der Waals surface area contributed by atoms with Gasteiger partial charge in [0, 0.05) is 12.8 Å². The summed E-state index contributed by atoms with van der Waals surface area (Å²) in [6.45, 7) is 4.04. The van der Waals surface area contributed by atoms with E-state index in [1.54, 1.807) is 0 Å². The molecular formula is C56H98O5. The van der Waals surface area contributed by atoms with Crippen molar-refractivity contribution in [3.63, 3.8) is 0 Å². The van der Waals surface area contributed by atoms with Crippen LogP contribution in [-0.2, 0) is 19.1 Å². The molecule has 1 N–H and O–H groups in total. The topological polar surface area (TPSA) is 72.8 Å². The number of aliphatic hydroxyl groups is 1. The quantitative estimate of drug-likeness (QED) is 0.0375. The van der Waals surface area contributed by atoms with E-state index in [2.05, 4.69) is 86.8 Å². The van der Waals surface area contributed by atoms with E-state index in [1.807, 2.05) is 0 Å². The van der Waals surface area contributed by atoms with Crippen molar-refractivity contribution in [3.8, 4) is 0 Å². The Morgan fingerprint density at radius 2 is 0.705 bits per heavy atom. The van der Waals surface area contributed by atoms with Crippen molar-refractivity contribution < 1.29 is 24.2 Å². The Bertz CT molecular complexity index is 1100. The Hall–Kier alpha value is -2.66. The number of ether oxygens (including phenoxy) is 2. The summed E-state index contributed by atoms with van der Waals surface area (Å²) in [5, 5.41) is 9.63. The fourth-order valence-electron chi connectivity index (χ4n) is 7.34. The zero-order valence-corrected chi connectivity index (χ0v) is 40.2. The van der Waals surface area contributed by atoms with Gasteiger partial charge in [0.05, 0.1) is 6.61 Å². The van der Waals surface area contributed by atoms with Crippen LogP contribution in [0, 0.1) is 0 Å². The Kier molecular flexibility index (Phi) is 49.4. The summed E-state index contributed by atoms with van der Waals surface area (Å²) in [5.74, 6) is -0.592. The molecule has 0 bridgehead atoms. The maximum atomic E-state index is 12.3.